The fourth-order valence-electron chi connectivity index (χ4n) is 1.80. The molecule has 0 radical (unpaired) electrons. The van der Waals surface area contributed by atoms with E-state index in [1.807, 2.05) is 19.1 Å². The number of nitrogen functional groups attached to an aromatic ring is 1. The lowest BCUT2D eigenvalue weighted by Crippen LogP contribution is -2.19. The van der Waals surface area contributed by atoms with Gasteiger partial charge >= 0.3 is 6.01 Å². The zero-order valence-corrected chi connectivity index (χ0v) is 12.4. The van der Waals surface area contributed by atoms with E-state index in [1.54, 1.807) is 6.26 Å². The summed E-state index contributed by atoms with van der Waals surface area (Å²) in [5.74, 6) is 1.54. The molecule has 0 aromatic carbocycles. The summed E-state index contributed by atoms with van der Waals surface area (Å²) in [5, 5.41) is 3.20. The molecule has 0 amide bonds. The number of rotatable bonds is 8. The molecule has 2 aromatic rings. The second-order valence-corrected chi connectivity index (χ2v) is 4.81. The maximum Gasteiger partial charge on any atom is 0.323 e. The van der Waals surface area contributed by atoms with Crippen LogP contribution in [-0.4, -0.2) is 27.6 Å². The maximum atomic E-state index is 5.66. The van der Waals surface area contributed by atoms with E-state index in [-0.39, 0.29) is 18.0 Å². The molecule has 21 heavy (non-hydrogen) atoms. The average Bonchev–Trinajstić information content (AvgIpc) is 2.95. The highest BCUT2D eigenvalue weighted by molar-refractivity contribution is 5.33. The van der Waals surface area contributed by atoms with Crippen molar-refractivity contribution in [3.05, 3.63) is 24.2 Å². The van der Waals surface area contributed by atoms with E-state index < -0.39 is 0 Å². The van der Waals surface area contributed by atoms with Crippen molar-refractivity contribution in [1.29, 1.82) is 0 Å². The number of furan rings is 1. The van der Waals surface area contributed by atoms with Crippen LogP contribution < -0.4 is 15.8 Å². The van der Waals surface area contributed by atoms with E-state index in [2.05, 4.69) is 27.2 Å². The molecule has 3 N–H and O–H groups in total. The van der Waals surface area contributed by atoms with E-state index in [0.29, 0.717) is 12.6 Å². The minimum absolute atomic E-state index is 0.150. The number of hydrogen-bond donors (Lipinski definition) is 2. The third-order valence-electron chi connectivity index (χ3n) is 2.85. The number of ether oxygens (including phenoxy) is 1. The van der Waals surface area contributed by atoms with Crippen LogP contribution in [0.15, 0.2) is 22.8 Å². The minimum atomic E-state index is 0.150. The Morgan fingerprint density at radius 1 is 1.38 bits per heavy atom. The van der Waals surface area contributed by atoms with Gasteiger partial charge in [-0.2, -0.15) is 15.0 Å². The van der Waals surface area contributed by atoms with Gasteiger partial charge in [0.05, 0.1) is 12.9 Å². The van der Waals surface area contributed by atoms with Gasteiger partial charge in [-0.25, -0.2) is 0 Å². The standard InChI is InChI=1S/C14H21N5O2/c1-3-8-21-14-18-12(15)17-13(19-14)16-10(2)6-7-11-5-4-9-20-11/h4-5,9-10H,3,6-8H2,1-2H3,(H3,15,16,17,18,19). The van der Waals surface area contributed by atoms with Gasteiger partial charge in [-0.15, -0.1) is 0 Å². The molecular weight excluding hydrogens is 270 g/mol. The van der Waals surface area contributed by atoms with Gasteiger partial charge in [-0.3, -0.25) is 0 Å². The van der Waals surface area contributed by atoms with Crippen molar-refractivity contribution in [2.75, 3.05) is 17.7 Å². The Labute approximate surface area is 123 Å². The van der Waals surface area contributed by atoms with Gasteiger partial charge in [-0.05, 0) is 31.9 Å². The fourth-order valence-corrected chi connectivity index (χ4v) is 1.80. The average molecular weight is 291 g/mol. The molecule has 0 aliphatic heterocycles. The third-order valence-corrected chi connectivity index (χ3v) is 2.85. The van der Waals surface area contributed by atoms with E-state index in [0.717, 1.165) is 25.0 Å². The Morgan fingerprint density at radius 2 is 2.24 bits per heavy atom. The van der Waals surface area contributed by atoms with E-state index in [1.165, 1.54) is 0 Å². The van der Waals surface area contributed by atoms with Gasteiger partial charge in [0.25, 0.3) is 0 Å². The molecule has 7 heteroatoms. The van der Waals surface area contributed by atoms with Gasteiger partial charge in [-0.1, -0.05) is 6.92 Å². The van der Waals surface area contributed by atoms with Gasteiger partial charge in [0, 0.05) is 12.5 Å². The first-order chi connectivity index (χ1) is 10.2. The highest BCUT2D eigenvalue weighted by Gasteiger charge is 2.09. The number of aryl methyl sites for hydroxylation is 1. The van der Waals surface area contributed by atoms with Crippen molar-refractivity contribution in [2.45, 2.75) is 39.2 Å². The molecule has 2 heterocycles. The highest BCUT2D eigenvalue weighted by atomic mass is 16.5. The molecular formula is C14H21N5O2. The Morgan fingerprint density at radius 3 is 2.95 bits per heavy atom. The number of aromatic nitrogens is 3. The maximum absolute atomic E-state index is 5.66. The third kappa shape index (κ3) is 4.94. The molecule has 0 saturated heterocycles. The normalized spacial score (nSPS) is 12.1. The molecule has 7 nitrogen and oxygen atoms in total. The lowest BCUT2D eigenvalue weighted by molar-refractivity contribution is 0.292. The van der Waals surface area contributed by atoms with Gasteiger partial charge in [0.15, 0.2) is 0 Å². The summed E-state index contributed by atoms with van der Waals surface area (Å²) in [7, 11) is 0. The molecule has 114 valence electrons. The minimum Gasteiger partial charge on any atom is -0.469 e. The van der Waals surface area contributed by atoms with Crippen LogP contribution in [0.25, 0.3) is 0 Å². The quantitative estimate of drug-likeness (QED) is 0.769. The Kier molecular flexibility index (Phi) is 5.36. The van der Waals surface area contributed by atoms with Crippen LogP contribution in [-0.2, 0) is 6.42 Å². The van der Waals surface area contributed by atoms with Crippen LogP contribution in [0.2, 0.25) is 0 Å². The monoisotopic (exact) mass is 291 g/mol. The van der Waals surface area contributed by atoms with Gasteiger partial charge < -0.3 is 20.2 Å². The Hall–Kier alpha value is -2.31. The number of nitrogens with one attached hydrogen (secondary N) is 1. The first-order valence-corrected chi connectivity index (χ1v) is 7.10. The lowest BCUT2D eigenvalue weighted by atomic mass is 10.1. The number of hydrogen-bond acceptors (Lipinski definition) is 7. The van der Waals surface area contributed by atoms with Crippen LogP contribution in [0.1, 0.15) is 32.4 Å². The fraction of sp³-hybridized carbons (Fsp3) is 0.500. The van der Waals surface area contributed by atoms with Crippen molar-refractivity contribution in [2.24, 2.45) is 0 Å². The van der Waals surface area contributed by atoms with Crippen molar-refractivity contribution in [3.63, 3.8) is 0 Å². The zero-order chi connectivity index (χ0) is 15.1. The molecule has 0 aliphatic carbocycles. The van der Waals surface area contributed by atoms with Gasteiger partial charge in [0.2, 0.25) is 11.9 Å². The van der Waals surface area contributed by atoms with Crippen molar-refractivity contribution in [1.82, 2.24) is 15.0 Å². The van der Waals surface area contributed by atoms with E-state index in [4.69, 9.17) is 14.9 Å². The second kappa shape index (κ2) is 7.47. The molecule has 2 aromatic heterocycles. The largest absolute Gasteiger partial charge is 0.469 e. The van der Waals surface area contributed by atoms with Crippen LogP contribution >= 0.6 is 0 Å². The zero-order valence-electron chi connectivity index (χ0n) is 12.4. The van der Waals surface area contributed by atoms with Crippen molar-refractivity contribution in [3.8, 4) is 6.01 Å². The van der Waals surface area contributed by atoms with Crippen LogP contribution in [0, 0.1) is 0 Å². The summed E-state index contributed by atoms with van der Waals surface area (Å²) in [6, 6.07) is 4.28. The first kappa shape index (κ1) is 15.1. The summed E-state index contributed by atoms with van der Waals surface area (Å²) in [4.78, 5) is 12.2. The van der Waals surface area contributed by atoms with Crippen LogP contribution in [0.5, 0.6) is 6.01 Å². The number of anilines is 2. The SMILES string of the molecule is CCCOc1nc(N)nc(NC(C)CCc2ccco2)n1. The molecule has 0 bridgehead atoms. The van der Waals surface area contributed by atoms with Gasteiger partial charge in [0.1, 0.15) is 5.76 Å². The molecule has 1 atom stereocenters. The lowest BCUT2D eigenvalue weighted by Gasteiger charge is -2.13. The predicted molar refractivity (Wildman–Crippen MR) is 80.1 cm³/mol. The highest BCUT2D eigenvalue weighted by Crippen LogP contribution is 2.12. The summed E-state index contributed by atoms with van der Waals surface area (Å²) >= 11 is 0. The molecule has 0 saturated carbocycles. The molecule has 0 spiro atoms. The number of nitrogens with two attached hydrogens (primary N) is 1. The molecule has 0 fully saturated rings. The summed E-state index contributed by atoms with van der Waals surface area (Å²) in [6.45, 7) is 4.62. The first-order valence-electron chi connectivity index (χ1n) is 7.10. The van der Waals surface area contributed by atoms with Crippen molar-refractivity contribution < 1.29 is 9.15 Å². The predicted octanol–water partition coefficient (Wildman–Crippen LogP) is 2.27. The van der Waals surface area contributed by atoms with E-state index in [9.17, 15) is 0 Å². The number of nitrogens with zero attached hydrogens (tertiary/aromatic N) is 3. The second-order valence-electron chi connectivity index (χ2n) is 4.81. The topological polar surface area (TPSA) is 99.1 Å². The molecule has 1 unspecified atom stereocenters. The Bertz CT molecular complexity index is 544. The summed E-state index contributed by atoms with van der Waals surface area (Å²) in [5.41, 5.74) is 5.66. The van der Waals surface area contributed by atoms with E-state index >= 15 is 0 Å². The smallest absolute Gasteiger partial charge is 0.323 e. The molecule has 0 aliphatic rings. The Balaban J connectivity index is 1.90. The summed E-state index contributed by atoms with van der Waals surface area (Å²) < 4.78 is 10.7. The van der Waals surface area contributed by atoms with Crippen molar-refractivity contribution >= 4 is 11.9 Å². The van der Waals surface area contributed by atoms with Crippen LogP contribution in [0.4, 0.5) is 11.9 Å². The molecule has 2 rings (SSSR count). The summed E-state index contributed by atoms with van der Waals surface area (Å²) in [6.07, 6.45) is 4.30. The van der Waals surface area contributed by atoms with Crippen LogP contribution in [0.3, 0.4) is 0 Å².